The number of oxime groups is 1. The monoisotopic (exact) mass is 302 g/mol. The van der Waals surface area contributed by atoms with E-state index < -0.39 is 4.92 Å². The molecule has 0 saturated heterocycles. The Balaban J connectivity index is 2.46. The Labute approximate surface area is 126 Å². The zero-order chi connectivity index (χ0) is 16.1. The Morgan fingerprint density at radius 3 is 2.32 bits per heavy atom. The third-order valence-electron chi connectivity index (χ3n) is 3.12. The first-order valence-electron chi connectivity index (χ1n) is 6.30. The van der Waals surface area contributed by atoms with Gasteiger partial charge in [-0.25, -0.2) is 0 Å². The van der Waals surface area contributed by atoms with Crippen LogP contribution in [0.4, 0.5) is 5.69 Å². The summed E-state index contributed by atoms with van der Waals surface area (Å²) in [7, 11) is 3.02. The summed E-state index contributed by atoms with van der Waals surface area (Å²) in [5.74, 6) is 1.06. The second-order valence-electron chi connectivity index (χ2n) is 4.32. The van der Waals surface area contributed by atoms with Crippen molar-refractivity contribution in [3.63, 3.8) is 0 Å². The first-order chi connectivity index (χ1) is 10.6. The van der Waals surface area contributed by atoms with Crippen molar-refractivity contribution in [1.82, 2.24) is 0 Å². The lowest BCUT2D eigenvalue weighted by Gasteiger charge is -2.11. The highest BCUT2D eigenvalue weighted by atomic mass is 16.6. The van der Waals surface area contributed by atoms with Crippen molar-refractivity contribution >= 4 is 11.4 Å². The van der Waals surface area contributed by atoms with Gasteiger partial charge in [-0.2, -0.15) is 0 Å². The average molecular weight is 302 g/mol. The van der Waals surface area contributed by atoms with Crippen LogP contribution in [-0.2, 0) is 0 Å². The van der Waals surface area contributed by atoms with Gasteiger partial charge < -0.3 is 14.7 Å². The van der Waals surface area contributed by atoms with Gasteiger partial charge in [-0.3, -0.25) is 10.1 Å². The summed E-state index contributed by atoms with van der Waals surface area (Å²) in [5.41, 5.74) is 1.27. The van der Waals surface area contributed by atoms with E-state index in [1.165, 1.54) is 38.5 Å². The predicted octanol–water partition coefficient (Wildman–Crippen LogP) is 2.84. The van der Waals surface area contributed by atoms with Crippen LogP contribution < -0.4 is 9.47 Å². The lowest BCUT2D eigenvalue weighted by Crippen LogP contribution is -2.06. The van der Waals surface area contributed by atoms with E-state index in [2.05, 4.69) is 5.16 Å². The van der Waals surface area contributed by atoms with E-state index in [-0.39, 0.29) is 11.4 Å². The molecule has 0 atom stereocenters. The lowest BCUT2D eigenvalue weighted by molar-refractivity contribution is -0.384. The molecule has 0 aliphatic rings. The van der Waals surface area contributed by atoms with Gasteiger partial charge in [-0.1, -0.05) is 5.16 Å². The fourth-order valence-electron chi connectivity index (χ4n) is 2.00. The summed E-state index contributed by atoms with van der Waals surface area (Å²) in [6, 6.07) is 10.8. The summed E-state index contributed by atoms with van der Waals surface area (Å²) < 4.78 is 10.4. The highest BCUT2D eigenvalue weighted by Crippen LogP contribution is 2.27. The highest BCUT2D eigenvalue weighted by molar-refractivity contribution is 6.14. The van der Waals surface area contributed by atoms with Crippen molar-refractivity contribution in [1.29, 1.82) is 0 Å². The normalized spacial score (nSPS) is 11.1. The van der Waals surface area contributed by atoms with Crippen molar-refractivity contribution in [3.8, 4) is 11.5 Å². The summed E-state index contributed by atoms with van der Waals surface area (Å²) in [6.45, 7) is 0. The molecule has 1 N–H and O–H groups in total. The number of ether oxygens (including phenoxy) is 2. The smallest absolute Gasteiger partial charge is 0.269 e. The molecular weight excluding hydrogens is 288 g/mol. The highest BCUT2D eigenvalue weighted by Gasteiger charge is 2.15. The molecule has 2 aromatic rings. The molecule has 0 aliphatic heterocycles. The number of non-ortho nitro benzene ring substituents is 1. The van der Waals surface area contributed by atoms with E-state index in [0.717, 1.165) is 0 Å². The molecule has 0 saturated carbocycles. The molecule has 2 aromatic carbocycles. The Bertz CT molecular complexity index is 710. The van der Waals surface area contributed by atoms with Crippen LogP contribution in [0.2, 0.25) is 0 Å². The molecule has 0 spiro atoms. The van der Waals surface area contributed by atoms with Gasteiger partial charge in [0.1, 0.15) is 17.2 Å². The molecule has 0 aromatic heterocycles. The zero-order valence-corrected chi connectivity index (χ0v) is 12.0. The Kier molecular flexibility index (Phi) is 4.57. The van der Waals surface area contributed by atoms with E-state index in [1.54, 1.807) is 18.2 Å². The number of nitro groups is 1. The molecule has 7 heteroatoms. The maximum absolute atomic E-state index is 10.7. The molecule has 0 unspecified atom stereocenters. The number of hydrogen-bond donors (Lipinski definition) is 1. The average Bonchev–Trinajstić information content (AvgIpc) is 2.56. The van der Waals surface area contributed by atoms with Crippen molar-refractivity contribution in [2.24, 2.45) is 5.16 Å². The summed E-state index contributed by atoms with van der Waals surface area (Å²) in [6.07, 6.45) is 0. The van der Waals surface area contributed by atoms with Crippen LogP contribution in [0, 0.1) is 10.1 Å². The second-order valence-corrected chi connectivity index (χ2v) is 4.32. The van der Waals surface area contributed by atoms with Crippen molar-refractivity contribution in [3.05, 3.63) is 63.7 Å². The summed E-state index contributed by atoms with van der Waals surface area (Å²) >= 11 is 0. The molecule has 0 amide bonds. The molecule has 2 rings (SSSR count). The van der Waals surface area contributed by atoms with E-state index in [0.29, 0.717) is 22.6 Å². The van der Waals surface area contributed by atoms with E-state index >= 15 is 0 Å². The number of hydrogen-bond acceptors (Lipinski definition) is 6. The van der Waals surface area contributed by atoms with E-state index in [4.69, 9.17) is 9.47 Å². The lowest BCUT2D eigenvalue weighted by atomic mass is 10.0. The largest absolute Gasteiger partial charge is 0.497 e. The Morgan fingerprint density at radius 1 is 1.14 bits per heavy atom. The summed E-state index contributed by atoms with van der Waals surface area (Å²) in [4.78, 5) is 10.2. The third-order valence-corrected chi connectivity index (χ3v) is 3.12. The third kappa shape index (κ3) is 2.98. The first kappa shape index (κ1) is 15.3. The van der Waals surface area contributed by atoms with Crippen LogP contribution >= 0.6 is 0 Å². The number of benzene rings is 2. The van der Waals surface area contributed by atoms with Crippen molar-refractivity contribution in [2.75, 3.05) is 14.2 Å². The maximum Gasteiger partial charge on any atom is 0.269 e. The number of rotatable bonds is 5. The fraction of sp³-hybridized carbons (Fsp3) is 0.133. The molecular formula is C15H14N2O5. The maximum atomic E-state index is 10.7. The van der Waals surface area contributed by atoms with Crippen LogP contribution in [0.5, 0.6) is 11.5 Å². The minimum absolute atomic E-state index is 0.0391. The van der Waals surface area contributed by atoms with Crippen LogP contribution in [-0.4, -0.2) is 30.1 Å². The van der Waals surface area contributed by atoms with E-state index in [9.17, 15) is 15.3 Å². The number of nitrogens with zero attached hydrogens (tertiary/aromatic N) is 2. The molecule has 114 valence electrons. The van der Waals surface area contributed by atoms with Crippen molar-refractivity contribution in [2.45, 2.75) is 0 Å². The molecule has 7 nitrogen and oxygen atoms in total. The first-order valence-corrected chi connectivity index (χ1v) is 6.30. The van der Waals surface area contributed by atoms with Gasteiger partial charge in [0.05, 0.1) is 19.1 Å². The van der Waals surface area contributed by atoms with Gasteiger partial charge >= 0.3 is 0 Å². The predicted molar refractivity (Wildman–Crippen MR) is 80.1 cm³/mol. The SMILES string of the molecule is COc1ccc(/C(=N\O)c2ccc([N+](=O)[O-])cc2)c(OC)c1. The number of methoxy groups -OCH3 is 2. The fourth-order valence-corrected chi connectivity index (χ4v) is 2.00. The minimum atomic E-state index is -0.493. The van der Waals surface area contributed by atoms with Gasteiger partial charge in [0.15, 0.2) is 0 Å². The van der Waals surface area contributed by atoms with Gasteiger partial charge in [-0.15, -0.1) is 0 Å². The molecule has 0 fully saturated rings. The second kappa shape index (κ2) is 6.57. The zero-order valence-electron chi connectivity index (χ0n) is 12.0. The van der Waals surface area contributed by atoms with Gasteiger partial charge in [0.25, 0.3) is 5.69 Å². The molecule has 0 aliphatic carbocycles. The van der Waals surface area contributed by atoms with E-state index in [1.807, 2.05) is 0 Å². The van der Waals surface area contributed by atoms with Gasteiger partial charge in [-0.05, 0) is 24.3 Å². The van der Waals surface area contributed by atoms with Crippen LogP contribution in [0.15, 0.2) is 47.6 Å². The van der Waals surface area contributed by atoms with Gasteiger partial charge in [0, 0.05) is 29.3 Å². The van der Waals surface area contributed by atoms with Crippen molar-refractivity contribution < 1.29 is 19.6 Å². The van der Waals surface area contributed by atoms with Gasteiger partial charge in [0.2, 0.25) is 0 Å². The Morgan fingerprint density at radius 2 is 1.82 bits per heavy atom. The standard InChI is InChI=1S/C15H14N2O5/c1-21-12-7-8-13(14(9-12)22-2)15(16-18)10-3-5-11(6-4-10)17(19)20/h3-9,18H,1-2H3/b16-15-. The van der Waals surface area contributed by atoms with Crippen LogP contribution in [0.25, 0.3) is 0 Å². The quantitative estimate of drug-likeness (QED) is 0.396. The van der Waals surface area contributed by atoms with Crippen LogP contribution in [0.3, 0.4) is 0 Å². The molecule has 0 radical (unpaired) electrons. The molecule has 0 heterocycles. The van der Waals surface area contributed by atoms with Crippen LogP contribution in [0.1, 0.15) is 11.1 Å². The molecule has 22 heavy (non-hydrogen) atoms. The minimum Gasteiger partial charge on any atom is -0.497 e. The topological polar surface area (TPSA) is 94.2 Å². The Hall–Kier alpha value is -3.09. The molecule has 0 bridgehead atoms. The number of nitro benzene ring substituents is 1. The summed E-state index contributed by atoms with van der Waals surface area (Å²) in [5, 5.41) is 23.3.